The van der Waals surface area contributed by atoms with Crippen molar-refractivity contribution < 1.29 is 13.9 Å². The van der Waals surface area contributed by atoms with Gasteiger partial charge in [-0.1, -0.05) is 13.8 Å². The molecule has 0 unspecified atom stereocenters. The predicted molar refractivity (Wildman–Crippen MR) is 124 cm³/mol. The molecule has 3 aromatic heterocycles. The van der Waals surface area contributed by atoms with Gasteiger partial charge in [-0.05, 0) is 43.7 Å². The number of hydrogen-bond acceptors (Lipinski definition) is 5. The highest BCUT2D eigenvalue weighted by Crippen LogP contribution is 2.40. The van der Waals surface area contributed by atoms with E-state index in [1.165, 1.54) is 30.2 Å². The smallest absolute Gasteiger partial charge is 0.229 e. The van der Waals surface area contributed by atoms with Crippen molar-refractivity contribution in [3.05, 3.63) is 59.8 Å². The summed E-state index contributed by atoms with van der Waals surface area (Å²) in [6.45, 7) is 9.10. The first kappa shape index (κ1) is 22.9. The second kappa shape index (κ2) is 9.55. The summed E-state index contributed by atoms with van der Waals surface area (Å²) in [5, 5.41) is 7.91. The molecular formula is C24H26FN5O2. The monoisotopic (exact) mass is 435 g/mol. The van der Waals surface area contributed by atoms with Crippen molar-refractivity contribution in [2.45, 2.75) is 34.6 Å². The Balaban J connectivity index is 0.00000141. The van der Waals surface area contributed by atoms with Crippen LogP contribution in [-0.4, -0.2) is 33.2 Å². The average molecular weight is 436 g/mol. The minimum atomic E-state index is -0.589. The zero-order valence-electron chi connectivity index (χ0n) is 19.0. The molecule has 0 aliphatic heterocycles. The molecule has 0 saturated carbocycles. The van der Waals surface area contributed by atoms with Crippen LogP contribution >= 0.6 is 0 Å². The number of methoxy groups -OCH3 is 1. The number of carbonyl (C=O) groups excluding carboxylic acids is 1. The normalized spacial score (nSPS) is 10.5. The lowest BCUT2D eigenvalue weighted by molar-refractivity contribution is -0.115. The molecule has 1 aromatic carbocycles. The van der Waals surface area contributed by atoms with E-state index in [-0.39, 0.29) is 11.7 Å². The van der Waals surface area contributed by atoms with Gasteiger partial charge >= 0.3 is 0 Å². The molecule has 0 aliphatic carbocycles. The number of aromatic amines is 1. The minimum absolute atomic E-state index is 0.0615. The minimum Gasteiger partial charge on any atom is -0.496 e. The highest BCUT2D eigenvalue weighted by Gasteiger charge is 2.24. The molecule has 8 heteroatoms. The van der Waals surface area contributed by atoms with Crippen molar-refractivity contribution >= 4 is 28.3 Å². The van der Waals surface area contributed by atoms with Crippen LogP contribution in [0.1, 0.15) is 32.0 Å². The third-order valence-electron chi connectivity index (χ3n) is 4.81. The maximum Gasteiger partial charge on any atom is 0.229 e. The molecule has 0 atom stereocenters. The number of carbonyl (C=O) groups is 1. The van der Waals surface area contributed by atoms with Gasteiger partial charge in [0.2, 0.25) is 5.91 Å². The van der Waals surface area contributed by atoms with Gasteiger partial charge in [-0.15, -0.1) is 0 Å². The number of benzene rings is 1. The lowest BCUT2D eigenvalue weighted by Gasteiger charge is -2.24. The number of hydrogen-bond donors (Lipinski definition) is 1. The van der Waals surface area contributed by atoms with Gasteiger partial charge in [0, 0.05) is 42.0 Å². The maximum absolute atomic E-state index is 14.6. The number of ether oxygens (including phenoxy) is 1. The first-order valence-electron chi connectivity index (χ1n) is 10.3. The van der Waals surface area contributed by atoms with Crippen molar-refractivity contribution in [2.24, 2.45) is 0 Å². The van der Waals surface area contributed by atoms with Gasteiger partial charge in [-0.3, -0.25) is 19.8 Å². The standard InChI is InChI=1S/C22H20FN5O2.C2H6/c1-12-11-25-18-10-20(30-4)15(19-8-13(2)26-27-19)9-16(18)21(12)28(14(3)29)22-17(23)6-5-7-24-22;1-2/h5-11H,1-4H3,(H,26,27);1-2H3. The van der Waals surface area contributed by atoms with E-state index in [0.717, 1.165) is 11.3 Å². The summed E-state index contributed by atoms with van der Waals surface area (Å²) in [5.74, 6) is -0.423. The number of nitrogens with zero attached hydrogens (tertiary/aromatic N) is 4. The quantitative estimate of drug-likeness (QED) is 0.458. The summed E-state index contributed by atoms with van der Waals surface area (Å²) >= 11 is 0. The Bertz CT molecular complexity index is 1270. The zero-order valence-corrected chi connectivity index (χ0v) is 19.0. The SMILES string of the molecule is CC.COc1cc2ncc(C)c(N(C(C)=O)c3ncccc3F)c2cc1-c1cc(C)[nH]n1. The van der Waals surface area contributed by atoms with Crippen LogP contribution in [0.5, 0.6) is 5.75 Å². The number of aryl methyl sites for hydroxylation is 2. The highest BCUT2D eigenvalue weighted by molar-refractivity contribution is 6.08. The summed E-state index contributed by atoms with van der Waals surface area (Å²) in [4.78, 5) is 22.5. The summed E-state index contributed by atoms with van der Waals surface area (Å²) in [5.41, 5.74) is 4.14. The van der Waals surface area contributed by atoms with E-state index in [0.29, 0.717) is 33.6 Å². The molecular weight excluding hydrogens is 409 g/mol. The lowest BCUT2D eigenvalue weighted by atomic mass is 10.0. The predicted octanol–water partition coefficient (Wildman–Crippen LogP) is 5.50. The third kappa shape index (κ3) is 4.16. The Kier molecular flexibility index (Phi) is 6.82. The maximum atomic E-state index is 14.6. The number of fused-ring (bicyclic) bond motifs is 1. The van der Waals surface area contributed by atoms with Crippen LogP contribution in [0.25, 0.3) is 22.2 Å². The van der Waals surface area contributed by atoms with Crippen molar-refractivity contribution in [2.75, 3.05) is 12.0 Å². The number of H-pyrrole nitrogens is 1. The first-order chi connectivity index (χ1) is 15.4. The fourth-order valence-corrected chi connectivity index (χ4v) is 3.48. The van der Waals surface area contributed by atoms with Crippen LogP contribution in [0, 0.1) is 19.7 Å². The molecule has 1 N–H and O–H groups in total. The van der Waals surface area contributed by atoms with Crippen LogP contribution in [0.15, 0.2) is 42.7 Å². The van der Waals surface area contributed by atoms with Crippen LogP contribution < -0.4 is 9.64 Å². The number of rotatable bonds is 4. The Morgan fingerprint density at radius 3 is 2.50 bits per heavy atom. The first-order valence-corrected chi connectivity index (χ1v) is 10.3. The number of pyridine rings is 2. The lowest BCUT2D eigenvalue weighted by Crippen LogP contribution is -2.26. The molecule has 1 amide bonds. The summed E-state index contributed by atoms with van der Waals surface area (Å²) < 4.78 is 20.1. The van der Waals surface area contributed by atoms with E-state index in [2.05, 4.69) is 20.2 Å². The molecule has 4 rings (SSSR count). The Morgan fingerprint density at radius 1 is 1.16 bits per heavy atom. The number of anilines is 2. The molecule has 0 spiro atoms. The van der Waals surface area contributed by atoms with Gasteiger partial charge < -0.3 is 4.74 Å². The number of halogens is 1. The highest BCUT2D eigenvalue weighted by atomic mass is 19.1. The fraction of sp³-hybridized carbons (Fsp3) is 0.250. The molecule has 0 aliphatic rings. The Morgan fingerprint density at radius 2 is 1.91 bits per heavy atom. The summed E-state index contributed by atoms with van der Waals surface area (Å²) in [6, 6.07) is 8.30. The van der Waals surface area contributed by atoms with Gasteiger partial charge in [-0.2, -0.15) is 5.10 Å². The average Bonchev–Trinajstić information content (AvgIpc) is 3.23. The topological polar surface area (TPSA) is 84.0 Å². The van der Waals surface area contributed by atoms with Crippen molar-refractivity contribution in [3.8, 4) is 17.0 Å². The van der Waals surface area contributed by atoms with E-state index in [4.69, 9.17) is 4.74 Å². The molecule has 166 valence electrons. The molecule has 0 radical (unpaired) electrons. The molecule has 0 fully saturated rings. The van der Waals surface area contributed by atoms with Crippen LogP contribution in [0.4, 0.5) is 15.9 Å². The summed E-state index contributed by atoms with van der Waals surface area (Å²) in [6.07, 6.45) is 3.10. The molecule has 4 aromatic rings. The van der Waals surface area contributed by atoms with E-state index < -0.39 is 5.82 Å². The van der Waals surface area contributed by atoms with E-state index in [9.17, 15) is 9.18 Å². The van der Waals surface area contributed by atoms with E-state index in [1.54, 1.807) is 19.4 Å². The van der Waals surface area contributed by atoms with Gasteiger partial charge in [0.1, 0.15) is 5.75 Å². The summed E-state index contributed by atoms with van der Waals surface area (Å²) in [7, 11) is 1.57. The second-order valence-electron chi connectivity index (χ2n) is 6.96. The van der Waals surface area contributed by atoms with Crippen LogP contribution in [0.2, 0.25) is 0 Å². The number of nitrogens with one attached hydrogen (secondary N) is 1. The second-order valence-corrected chi connectivity index (χ2v) is 6.96. The van der Waals surface area contributed by atoms with Crippen molar-refractivity contribution in [3.63, 3.8) is 0 Å². The van der Waals surface area contributed by atoms with Gasteiger partial charge in [0.25, 0.3) is 0 Å². The third-order valence-corrected chi connectivity index (χ3v) is 4.81. The largest absolute Gasteiger partial charge is 0.496 e. The van der Waals surface area contributed by atoms with Gasteiger partial charge in [-0.25, -0.2) is 9.37 Å². The van der Waals surface area contributed by atoms with Crippen LogP contribution in [-0.2, 0) is 4.79 Å². The number of aromatic nitrogens is 4. The van der Waals surface area contributed by atoms with Gasteiger partial charge in [0.15, 0.2) is 11.6 Å². The Hall–Kier alpha value is -3.81. The van der Waals surface area contributed by atoms with Crippen molar-refractivity contribution in [1.82, 2.24) is 20.2 Å². The molecule has 0 bridgehead atoms. The van der Waals surface area contributed by atoms with E-state index in [1.807, 2.05) is 39.8 Å². The van der Waals surface area contributed by atoms with Crippen LogP contribution in [0.3, 0.4) is 0 Å². The molecule has 7 nitrogen and oxygen atoms in total. The Labute approximate surface area is 186 Å². The van der Waals surface area contributed by atoms with Gasteiger partial charge in [0.05, 0.1) is 24.0 Å². The molecule has 32 heavy (non-hydrogen) atoms. The number of amides is 1. The fourth-order valence-electron chi connectivity index (χ4n) is 3.48. The zero-order chi connectivity index (χ0) is 23.4. The van der Waals surface area contributed by atoms with Crippen molar-refractivity contribution in [1.29, 1.82) is 0 Å². The molecule has 3 heterocycles. The van der Waals surface area contributed by atoms with E-state index >= 15 is 0 Å². The molecule has 0 saturated heterocycles.